The molecule has 1 aliphatic rings. The number of aromatic amines is 1. The molecule has 3 N–H and O–H groups in total. The van der Waals surface area contributed by atoms with Crippen molar-refractivity contribution >= 4 is 34.9 Å². The molecule has 1 fully saturated rings. The predicted molar refractivity (Wildman–Crippen MR) is 122 cm³/mol. The summed E-state index contributed by atoms with van der Waals surface area (Å²) in [5.74, 6) is 0.908. The minimum Gasteiger partial charge on any atom is -0.370 e. The fourth-order valence-corrected chi connectivity index (χ4v) is 4.26. The molecule has 5 nitrogen and oxygen atoms in total. The zero-order valence-electron chi connectivity index (χ0n) is 16.8. The van der Waals surface area contributed by atoms with Crippen molar-refractivity contribution in [2.45, 2.75) is 31.7 Å². The van der Waals surface area contributed by atoms with E-state index in [1.807, 2.05) is 6.07 Å². The molecule has 0 bridgehead atoms. The van der Waals surface area contributed by atoms with Gasteiger partial charge in [0, 0.05) is 29.2 Å². The van der Waals surface area contributed by atoms with Crippen LogP contribution in [0.1, 0.15) is 36.0 Å². The van der Waals surface area contributed by atoms with Crippen LogP contribution in [0.25, 0.3) is 11.3 Å². The number of hydrogen-bond acceptors (Lipinski definition) is 3. The maximum Gasteiger partial charge on any atom is 0.253 e. The van der Waals surface area contributed by atoms with Crippen LogP contribution in [0.4, 0.5) is 10.2 Å². The zero-order chi connectivity index (χ0) is 21.8. The van der Waals surface area contributed by atoms with E-state index in [2.05, 4.69) is 20.8 Å². The van der Waals surface area contributed by atoms with Gasteiger partial charge in [0.2, 0.25) is 0 Å². The van der Waals surface area contributed by atoms with Gasteiger partial charge in [0.15, 0.2) is 0 Å². The molecule has 0 atom stereocenters. The van der Waals surface area contributed by atoms with Crippen LogP contribution in [0.5, 0.6) is 0 Å². The summed E-state index contributed by atoms with van der Waals surface area (Å²) in [7, 11) is 0. The van der Waals surface area contributed by atoms with Gasteiger partial charge in [-0.1, -0.05) is 23.2 Å². The Morgan fingerprint density at radius 3 is 2.55 bits per heavy atom. The van der Waals surface area contributed by atoms with E-state index in [4.69, 9.17) is 23.2 Å². The van der Waals surface area contributed by atoms with Gasteiger partial charge in [-0.05, 0) is 74.1 Å². The Balaban J connectivity index is 1.24. The van der Waals surface area contributed by atoms with Crippen molar-refractivity contribution < 1.29 is 9.18 Å². The molecule has 3 aromatic rings. The Morgan fingerprint density at radius 2 is 1.81 bits per heavy atom. The van der Waals surface area contributed by atoms with E-state index in [1.165, 1.54) is 12.1 Å². The lowest BCUT2D eigenvalue weighted by molar-refractivity contribution is 0.0923. The Kier molecular flexibility index (Phi) is 6.78. The summed E-state index contributed by atoms with van der Waals surface area (Å²) in [5, 5.41) is 14.6. The first-order valence-corrected chi connectivity index (χ1v) is 11.0. The number of amides is 1. The third kappa shape index (κ3) is 5.57. The van der Waals surface area contributed by atoms with Crippen LogP contribution in [0.3, 0.4) is 0 Å². The number of nitrogens with zero attached hydrogens (tertiary/aromatic N) is 1. The minimum atomic E-state index is -0.264. The molecule has 4 rings (SSSR count). The van der Waals surface area contributed by atoms with E-state index in [1.54, 1.807) is 30.3 Å². The second-order valence-electron chi connectivity index (χ2n) is 7.87. The number of H-pyrrole nitrogens is 1. The van der Waals surface area contributed by atoms with Crippen molar-refractivity contribution in [3.05, 3.63) is 70.0 Å². The summed E-state index contributed by atoms with van der Waals surface area (Å²) in [5.41, 5.74) is 2.05. The number of nitrogens with one attached hydrogen (secondary N) is 3. The number of benzene rings is 2. The number of rotatable bonds is 6. The fourth-order valence-electron chi connectivity index (χ4n) is 3.88. The molecule has 2 aromatic carbocycles. The van der Waals surface area contributed by atoms with E-state index in [9.17, 15) is 9.18 Å². The van der Waals surface area contributed by atoms with Gasteiger partial charge in [0.1, 0.15) is 11.6 Å². The Hall–Kier alpha value is -2.57. The number of anilines is 1. The van der Waals surface area contributed by atoms with Gasteiger partial charge in [0.25, 0.3) is 5.91 Å². The van der Waals surface area contributed by atoms with Gasteiger partial charge in [-0.3, -0.25) is 9.89 Å². The third-order valence-electron chi connectivity index (χ3n) is 5.65. The van der Waals surface area contributed by atoms with E-state index in [-0.39, 0.29) is 17.8 Å². The molecule has 1 aromatic heterocycles. The van der Waals surface area contributed by atoms with E-state index in [0.29, 0.717) is 21.5 Å². The second kappa shape index (κ2) is 9.71. The van der Waals surface area contributed by atoms with Crippen molar-refractivity contribution in [3.8, 4) is 11.3 Å². The fraction of sp³-hybridized carbons (Fsp3) is 0.304. The first kappa shape index (κ1) is 21.7. The van der Waals surface area contributed by atoms with Crippen molar-refractivity contribution in [1.82, 2.24) is 15.5 Å². The van der Waals surface area contributed by atoms with Crippen LogP contribution >= 0.6 is 23.2 Å². The Labute approximate surface area is 190 Å². The topological polar surface area (TPSA) is 69.8 Å². The van der Waals surface area contributed by atoms with E-state index in [0.717, 1.165) is 49.3 Å². The summed E-state index contributed by atoms with van der Waals surface area (Å²) < 4.78 is 13.1. The number of hydrogen-bond donors (Lipinski definition) is 3. The van der Waals surface area contributed by atoms with Gasteiger partial charge in [-0.25, -0.2) is 4.39 Å². The van der Waals surface area contributed by atoms with Crippen molar-refractivity contribution in [3.63, 3.8) is 0 Å². The molecule has 1 amide bonds. The van der Waals surface area contributed by atoms with Crippen molar-refractivity contribution in [1.29, 1.82) is 0 Å². The molecule has 162 valence electrons. The molecule has 0 saturated heterocycles. The highest BCUT2D eigenvalue weighted by Crippen LogP contribution is 2.27. The van der Waals surface area contributed by atoms with E-state index < -0.39 is 0 Å². The minimum absolute atomic E-state index is 0.135. The molecular weight excluding hydrogens is 438 g/mol. The SMILES string of the molecule is O=C(NC1CCC(CNc2cc(-c3ccc(F)cc3)n[nH]2)CC1)c1cc(Cl)ccc1Cl. The van der Waals surface area contributed by atoms with Gasteiger partial charge in [-0.15, -0.1) is 0 Å². The molecule has 8 heteroatoms. The van der Waals surface area contributed by atoms with Gasteiger partial charge < -0.3 is 10.6 Å². The molecule has 31 heavy (non-hydrogen) atoms. The highest BCUT2D eigenvalue weighted by Gasteiger charge is 2.23. The molecule has 0 unspecified atom stereocenters. The number of carbonyl (C=O) groups excluding carboxylic acids is 1. The first-order valence-electron chi connectivity index (χ1n) is 10.3. The largest absolute Gasteiger partial charge is 0.370 e. The van der Waals surface area contributed by atoms with Crippen molar-refractivity contribution in [2.75, 3.05) is 11.9 Å². The molecule has 1 heterocycles. The van der Waals surface area contributed by atoms with Crippen LogP contribution in [-0.4, -0.2) is 28.7 Å². The maximum atomic E-state index is 13.1. The van der Waals surface area contributed by atoms with Gasteiger partial charge in [-0.2, -0.15) is 5.10 Å². The monoisotopic (exact) mass is 460 g/mol. The first-order chi connectivity index (χ1) is 15.0. The van der Waals surface area contributed by atoms with Gasteiger partial charge in [0.05, 0.1) is 16.3 Å². The van der Waals surface area contributed by atoms with Crippen LogP contribution in [0.2, 0.25) is 10.0 Å². The normalized spacial score (nSPS) is 18.5. The summed E-state index contributed by atoms with van der Waals surface area (Å²) >= 11 is 12.1. The third-order valence-corrected chi connectivity index (χ3v) is 6.22. The quantitative estimate of drug-likeness (QED) is 0.427. The number of aromatic nitrogens is 2. The number of halogens is 3. The zero-order valence-corrected chi connectivity index (χ0v) is 18.3. The van der Waals surface area contributed by atoms with Gasteiger partial charge >= 0.3 is 0 Å². The summed E-state index contributed by atoms with van der Waals surface area (Å²) in [6, 6.07) is 13.2. The highest BCUT2D eigenvalue weighted by atomic mass is 35.5. The molecule has 0 radical (unpaired) electrons. The Morgan fingerprint density at radius 1 is 1.06 bits per heavy atom. The average molecular weight is 461 g/mol. The molecule has 0 spiro atoms. The summed E-state index contributed by atoms with van der Waals surface area (Å²) in [6.07, 6.45) is 3.86. The predicted octanol–water partition coefficient (Wildman–Crippen LogP) is 5.92. The van der Waals surface area contributed by atoms with Crippen LogP contribution in [0.15, 0.2) is 48.5 Å². The van der Waals surface area contributed by atoms with E-state index >= 15 is 0 Å². The Bertz CT molecular complexity index is 1050. The lowest BCUT2D eigenvalue weighted by atomic mass is 9.86. The highest BCUT2D eigenvalue weighted by molar-refractivity contribution is 6.35. The van der Waals surface area contributed by atoms with Crippen LogP contribution in [-0.2, 0) is 0 Å². The molecular formula is C23H23Cl2FN4O. The summed E-state index contributed by atoms with van der Waals surface area (Å²) in [4.78, 5) is 12.5. The second-order valence-corrected chi connectivity index (χ2v) is 8.71. The summed E-state index contributed by atoms with van der Waals surface area (Å²) in [6.45, 7) is 0.825. The smallest absolute Gasteiger partial charge is 0.253 e. The maximum absolute atomic E-state index is 13.1. The lowest BCUT2D eigenvalue weighted by Gasteiger charge is -2.29. The lowest BCUT2D eigenvalue weighted by Crippen LogP contribution is -2.38. The van der Waals surface area contributed by atoms with Crippen LogP contribution in [0, 0.1) is 11.7 Å². The number of carbonyl (C=O) groups is 1. The van der Waals surface area contributed by atoms with Crippen LogP contribution < -0.4 is 10.6 Å². The molecule has 1 saturated carbocycles. The standard InChI is InChI=1S/C23H23Cl2FN4O/c24-16-5-10-20(25)19(11-16)23(31)28-18-8-1-14(2-9-18)13-27-22-12-21(29-30-22)15-3-6-17(26)7-4-15/h3-7,10-12,14,18H,1-2,8-9,13H2,(H,28,31)(H2,27,29,30). The van der Waals surface area contributed by atoms with Crippen molar-refractivity contribution in [2.24, 2.45) is 5.92 Å². The average Bonchev–Trinajstić information content (AvgIpc) is 3.24. The molecule has 0 aliphatic heterocycles. The molecule has 1 aliphatic carbocycles.